The molecule has 0 saturated carbocycles. The van der Waals surface area contributed by atoms with Crippen LogP contribution >= 0.6 is 7.60 Å². The Bertz CT molecular complexity index is 1660. The number of ether oxygens (including phenoxy) is 2. The van der Waals surface area contributed by atoms with Gasteiger partial charge in [0.25, 0.3) is 0 Å². The molecule has 0 fully saturated rings. The second-order valence-corrected chi connectivity index (χ2v) is 9.41. The van der Waals surface area contributed by atoms with Crippen molar-refractivity contribution in [2.45, 2.75) is 0 Å². The van der Waals surface area contributed by atoms with E-state index < -0.39 is 18.7 Å². The van der Waals surface area contributed by atoms with Crippen LogP contribution in [-0.4, -0.2) is 12.6 Å². The van der Waals surface area contributed by atoms with Gasteiger partial charge in [0.05, 0.1) is 0 Å². The van der Waals surface area contributed by atoms with E-state index in [1.165, 1.54) is 24.3 Å². The number of carbonyl (C=O) groups is 1. The van der Waals surface area contributed by atoms with Crippen molar-refractivity contribution in [3.63, 3.8) is 0 Å². The molecule has 9 heteroatoms. The molecule has 0 aliphatic carbocycles. The van der Waals surface area contributed by atoms with E-state index in [2.05, 4.69) is 0 Å². The quantitative estimate of drug-likeness (QED) is 0.0976. The summed E-state index contributed by atoms with van der Waals surface area (Å²) in [5.41, 5.74) is 0.520. The Labute approximate surface area is 245 Å². The summed E-state index contributed by atoms with van der Waals surface area (Å²) in [7, 11) is -5.39. The van der Waals surface area contributed by atoms with E-state index in [9.17, 15) is 19.1 Å². The molecule has 162 valence electrons. The monoisotopic (exact) mass is 500 g/mol. The number of benzene rings is 5. The average Bonchev–Trinajstić information content (AvgIpc) is 3.28. The first kappa shape index (κ1) is 26.4. The Morgan fingerprint density at radius 1 is 0.800 bits per heavy atom. The van der Waals surface area contributed by atoms with Crippen LogP contribution in [0.15, 0.2) is 78.1 Å². The van der Waals surface area contributed by atoms with Crippen LogP contribution < -0.4 is 78.4 Å². The SMILES string of the molecule is O=C(/C(=C\c1ccc2ccc3cccc4ccc1c2c34)P(=O)([O-])[O-])c1ccc2c(c1)OCO2.[Na+].[Na+]. The van der Waals surface area contributed by atoms with Gasteiger partial charge in [0.2, 0.25) is 6.79 Å². The first-order valence-electron chi connectivity index (χ1n) is 10.3. The summed E-state index contributed by atoms with van der Waals surface area (Å²) in [6.45, 7) is 0.0139. The van der Waals surface area contributed by atoms with E-state index in [4.69, 9.17) is 9.47 Å². The van der Waals surface area contributed by atoms with Gasteiger partial charge in [-0.1, -0.05) is 54.6 Å². The van der Waals surface area contributed by atoms with E-state index in [1.54, 1.807) is 6.07 Å². The van der Waals surface area contributed by atoms with Crippen LogP contribution in [0.3, 0.4) is 0 Å². The molecule has 0 N–H and O–H groups in total. The van der Waals surface area contributed by atoms with Gasteiger partial charge in [0.1, 0.15) is 0 Å². The molecule has 0 spiro atoms. The fourth-order valence-corrected chi connectivity index (χ4v) is 5.16. The van der Waals surface area contributed by atoms with Crippen LogP contribution in [0.1, 0.15) is 15.9 Å². The zero-order valence-electron chi connectivity index (χ0n) is 19.1. The van der Waals surface area contributed by atoms with Gasteiger partial charge in [-0.3, -0.25) is 4.79 Å². The zero-order valence-corrected chi connectivity index (χ0v) is 24.0. The van der Waals surface area contributed by atoms with Gasteiger partial charge in [-0.2, -0.15) is 0 Å². The Hall–Kier alpha value is -1.70. The van der Waals surface area contributed by atoms with Crippen LogP contribution in [0.2, 0.25) is 0 Å². The van der Waals surface area contributed by atoms with Gasteiger partial charge in [0, 0.05) is 10.9 Å². The van der Waals surface area contributed by atoms with E-state index in [-0.39, 0.29) is 71.5 Å². The molecular formula is C26H15Na2O6P. The van der Waals surface area contributed by atoms with Crippen molar-refractivity contribution in [1.82, 2.24) is 0 Å². The topological polar surface area (TPSA) is 98.7 Å². The number of Topliss-reactive ketones (excluding diaryl/α,β-unsaturated/α-hetero) is 1. The van der Waals surface area contributed by atoms with Crippen molar-refractivity contribution < 1.29 is 87.7 Å². The molecule has 0 amide bonds. The molecule has 0 radical (unpaired) electrons. The number of fused-ring (bicyclic) bond motifs is 1. The molecule has 1 aliphatic rings. The molecule has 0 aromatic heterocycles. The van der Waals surface area contributed by atoms with Gasteiger partial charge >= 0.3 is 59.1 Å². The van der Waals surface area contributed by atoms with Crippen molar-refractivity contribution in [2.24, 2.45) is 0 Å². The van der Waals surface area contributed by atoms with Gasteiger partial charge in [0.15, 0.2) is 17.3 Å². The third-order valence-electron chi connectivity index (χ3n) is 6.02. The summed E-state index contributed by atoms with van der Waals surface area (Å²) >= 11 is 0. The summed E-state index contributed by atoms with van der Waals surface area (Å²) in [6.07, 6.45) is 1.18. The first-order chi connectivity index (χ1) is 15.9. The number of ketones is 1. The fraction of sp³-hybridized carbons (Fsp3) is 0.0385. The number of rotatable bonds is 4. The molecule has 0 saturated heterocycles. The summed E-state index contributed by atoms with van der Waals surface area (Å²) in [6, 6.07) is 21.8. The van der Waals surface area contributed by atoms with E-state index in [0.29, 0.717) is 17.1 Å². The van der Waals surface area contributed by atoms with Crippen LogP contribution in [0.25, 0.3) is 38.4 Å². The maximum Gasteiger partial charge on any atom is 1.00 e. The van der Waals surface area contributed by atoms with Crippen LogP contribution in [0.5, 0.6) is 11.5 Å². The predicted molar refractivity (Wildman–Crippen MR) is 123 cm³/mol. The molecule has 0 atom stereocenters. The largest absolute Gasteiger partial charge is 1.00 e. The van der Waals surface area contributed by atoms with Crippen LogP contribution in [-0.2, 0) is 4.57 Å². The third-order valence-corrected chi connectivity index (χ3v) is 6.94. The Kier molecular flexibility index (Phi) is 7.52. The molecule has 5 aromatic carbocycles. The fourth-order valence-electron chi connectivity index (χ4n) is 4.49. The molecule has 6 nitrogen and oxygen atoms in total. The molecule has 0 bridgehead atoms. The maximum absolute atomic E-state index is 13.1. The Balaban J connectivity index is 0.00000144. The van der Waals surface area contributed by atoms with Crippen molar-refractivity contribution in [3.05, 3.63) is 89.2 Å². The smallest absolute Gasteiger partial charge is 0.807 e. The molecule has 1 aliphatic heterocycles. The summed E-state index contributed by atoms with van der Waals surface area (Å²) in [4.78, 5) is 37.5. The Morgan fingerprint density at radius 3 is 2.14 bits per heavy atom. The third kappa shape index (κ3) is 4.60. The van der Waals surface area contributed by atoms with Crippen LogP contribution in [0, 0.1) is 0 Å². The van der Waals surface area contributed by atoms with Crippen molar-refractivity contribution >= 4 is 51.8 Å². The molecule has 5 aromatic rings. The molecule has 35 heavy (non-hydrogen) atoms. The van der Waals surface area contributed by atoms with Crippen LogP contribution in [0.4, 0.5) is 0 Å². The van der Waals surface area contributed by atoms with Crippen molar-refractivity contribution in [2.75, 3.05) is 6.79 Å². The number of carbonyl (C=O) groups excluding carboxylic acids is 1. The summed E-state index contributed by atoms with van der Waals surface area (Å²) in [5.74, 6) is -0.0989. The van der Waals surface area contributed by atoms with Gasteiger partial charge < -0.3 is 23.8 Å². The van der Waals surface area contributed by atoms with E-state index >= 15 is 0 Å². The minimum atomic E-state index is -5.39. The molecule has 6 rings (SSSR count). The molecular weight excluding hydrogens is 485 g/mol. The summed E-state index contributed by atoms with van der Waals surface area (Å²) < 4.78 is 22.7. The van der Waals surface area contributed by atoms with Gasteiger partial charge in [-0.05, 0) is 69.8 Å². The number of hydrogen-bond donors (Lipinski definition) is 0. The molecule has 1 heterocycles. The van der Waals surface area contributed by atoms with Gasteiger partial charge in [-0.25, -0.2) is 0 Å². The maximum atomic E-state index is 13.1. The van der Waals surface area contributed by atoms with E-state index in [1.807, 2.05) is 48.5 Å². The van der Waals surface area contributed by atoms with E-state index in [0.717, 1.165) is 32.3 Å². The van der Waals surface area contributed by atoms with Gasteiger partial charge in [-0.15, -0.1) is 0 Å². The minimum absolute atomic E-state index is 0. The summed E-state index contributed by atoms with van der Waals surface area (Å²) in [5, 5.41) is 5.09. The zero-order chi connectivity index (χ0) is 22.7. The minimum Gasteiger partial charge on any atom is -0.807 e. The second-order valence-electron chi connectivity index (χ2n) is 7.94. The average molecular weight is 500 g/mol. The Morgan fingerprint density at radius 2 is 1.43 bits per heavy atom. The second kappa shape index (κ2) is 9.98. The molecule has 0 unspecified atom stereocenters. The number of hydrogen-bond acceptors (Lipinski definition) is 6. The first-order valence-corrected chi connectivity index (χ1v) is 11.8. The standard InChI is InChI=1S/C26H17O6P.2Na/c27-26(19-9-11-21-22(12-19)32-14-31-21)23(33(28,29)30)13-18-7-6-17-5-4-15-2-1-3-16-8-10-20(18)25(17)24(15)16;;/h1-13H,14H2,(H2,28,29,30);;/q;2*+1/p-2/b23-13+;;. The predicted octanol–water partition coefficient (Wildman–Crippen LogP) is -1.54. The van der Waals surface area contributed by atoms with Crippen molar-refractivity contribution in [3.8, 4) is 11.5 Å². The van der Waals surface area contributed by atoms with Crippen molar-refractivity contribution in [1.29, 1.82) is 0 Å². The normalized spacial score (nSPS) is 13.1. The number of allylic oxidation sites excluding steroid dienone is 1.